The summed E-state index contributed by atoms with van der Waals surface area (Å²) in [6, 6.07) is 7.08. The first-order valence-electron chi connectivity index (χ1n) is 6.20. The van der Waals surface area contributed by atoms with Crippen LogP contribution in [0.3, 0.4) is 0 Å². The molecule has 3 N–H and O–H groups in total. The van der Waals surface area contributed by atoms with Gasteiger partial charge in [-0.25, -0.2) is 4.98 Å². The van der Waals surface area contributed by atoms with E-state index in [0.29, 0.717) is 30.3 Å². The van der Waals surface area contributed by atoms with Gasteiger partial charge in [-0.2, -0.15) is 0 Å². The third-order valence-corrected chi connectivity index (χ3v) is 2.55. The lowest BCUT2D eigenvalue weighted by Gasteiger charge is -2.07. The molecule has 0 fully saturated rings. The zero-order valence-corrected chi connectivity index (χ0v) is 11.2. The van der Waals surface area contributed by atoms with Crippen LogP contribution in [0.5, 0.6) is 5.75 Å². The number of nitrogens with one attached hydrogen (secondary N) is 1. The first-order chi connectivity index (χ1) is 9.65. The fourth-order valence-electron chi connectivity index (χ4n) is 1.50. The number of nitrogens with two attached hydrogens (primary N) is 1. The van der Waals surface area contributed by atoms with E-state index >= 15 is 0 Å². The van der Waals surface area contributed by atoms with Crippen molar-refractivity contribution in [1.29, 1.82) is 0 Å². The van der Waals surface area contributed by atoms with Gasteiger partial charge >= 0.3 is 0 Å². The smallest absolute Gasteiger partial charge is 0.271 e. The van der Waals surface area contributed by atoms with Gasteiger partial charge in [0.2, 0.25) is 0 Å². The molecule has 6 heteroatoms. The summed E-state index contributed by atoms with van der Waals surface area (Å²) < 4.78 is 5.46. The topological polar surface area (TPSA) is 90.1 Å². The van der Waals surface area contributed by atoms with Crippen LogP contribution in [0.15, 0.2) is 36.7 Å². The minimum absolute atomic E-state index is 0.265. The van der Waals surface area contributed by atoms with E-state index in [-0.39, 0.29) is 5.91 Å². The van der Waals surface area contributed by atoms with Gasteiger partial charge in [-0.05, 0) is 31.2 Å². The van der Waals surface area contributed by atoms with Gasteiger partial charge in [0.05, 0.1) is 18.4 Å². The molecule has 2 rings (SSSR count). The van der Waals surface area contributed by atoms with Crippen molar-refractivity contribution in [3.8, 4) is 5.75 Å². The van der Waals surface area contributed by atoms with Crippen LogP contribution in [0, 0.1) is 6.92 Å². The minimum Gasteiger partial charge on any atom is -0.492 e. The second-order valence-electron chi connectivity index (χ2n) is 4.22. The summed E-state index contributed by atoms with van der Waals surface area (Å²) in [5, 5.41) is 2.71. The van der Waals surface area contributed by atoms with Gasteiger partial charge < -0.3 is 15.8 Å². The summed E-state index contributed by atoms with van der Waals surface area (Å²) in [7, 11) is 0. The lowest BCUT2D eigenvalue weighted by atomic mass is 10.3. The van der Waals surface area contributed by atoms with Crippen LogP contribution < -0.4 is 15.8 Å². The molecular formula is C14H16N4O2. The molecule has 0 unspecified atom stereocenters. The Balaban J connectivity index is 1.74. The van der Waals surface area contributed by atoms with E-state index in [1.165, 1.54) is 6.20 Å². The van der Waals surface area contributed by atoms with Gasteiger partial charge in [0.15, 0.2) is 0 Å². The summed E-state index contributed by atoms with van der Waals surface area (Å²) in [5.41, 5.74) is 7.32. The standard InChI is InChI=1S/C14H16N4O2/c1-10-8-18-13(9-17-10)14(19)16-6-7-20-12-4-2-11(15)3-5-12/h2-5,8-9H,6-7,15H2,1H3,(H,16,19). The van der Waals surface area contributed by atoms with Gasteiger partial charge in [0.25, 0.3) is 5.91 Å². The molecular weight excluding hydrogens is 256 g/mol. The molecule has 1 heterocycles. The zero-order chi connectivity index (χ0) is 14.4. The molecule has 6 nitrogen and oxygen atoms in total. The number of ether oxygens (including phenoxy) is 1. The number of hydrogen-bond acceptors (Lipinski definition) is 5. The molecule has 0 aliphatic heterocycles. The number of anilines is 1. The number of hydrogen-bond donors (Lipinski definition) is 2. The highest BCUT2D eigenvalue weighted by Gasteiger charge is 2.06. The molecule has 1 amide bonds. The number of aryl methyl sites for hydroxylation is 1. The monoisotopic (exact) mass is 272 g/mol. The number of rotatable bonds is 5. The van der Waals surface area contributed by atoms with Crippen molar-refractivity contribution in [3.63, 3.8) is 0 Å². The number of nitrogen functional groups attached to an aromatic ring is 1. The highest BCUT2D eigenvalue weighted by molar-refractivity contribution is 5.91. The van der Waals surface area contributed by atoms with Gasteiger partial charge in [-0.1, -0.05) is 0 Å². The van der Waals surface area contributed by atoms with E-state index < -0.39 is 0 Å². The summed E-state index contributed by atoms with van der Waals surface area (Å²) in [6.45, 7) is 2.57. The van der Waals surface area contributed by atoms with Gasteiger partial charge in [-0.3, -0.25) is 9.78 Å². The Morgan fingerprint density at radius 3 is 2.65 bits per heavy atom. The molecule has 20 heavy (non-hydrogen) atoms. The number of carbonyl (C=O) groups is 1. The first kappa shape index (κ1) is 13.8. The quantitative estimate of drug-likeness (QED) is 0.630. The van der Waals surface area contributed by atoms with Crippen molar-refractivity contribution in [2.24, 2.45) is 0 Å². The van der Waals surface area contributed by atoms with Crippen LogP contribution >= 0.6 is 0 Å². The lowest BCUT2D eigenvalue weighted by molar-refractivity contribution is 0.0941. The maximum Gasteiger partial charge on any atom is 0.271 e. The Bertz CT molecular complexity index is 567. The van der Waals surface area contributed by atoms with E-state index in [1.54, 1.807) is 30.5 Å². The highest BCUT2D eigenvalue weighted by atomic mass is 16.5. The summed E-state index contributed by atoms with van der Waals surface area (Å²) in [5.74, 6) is 0.446. The van der Waals surface area contributed by atoms with Gasteiger partial charge in [0.1, 0.15) is 18.1 Å². The molecule has 2 aromatic rings. The fraction of sp³-hybridized carbons (Fsp3) is 0.214. The molecule has 1 aromatic carbocycles. The van der Waals surface area contributed by atoms with Crippen LogP contribution in [-0.2, 0) is 0 Å². The van der Waals surface area contributed by atoms with Crippen molar-refractivity contribution in [2.75, 3.05) is 18.9 Å². The largest absolute Gasteiger partial charge is 0.492 e. The van der Waals surface area contributed by atoms with Crippen LogP contribution in [0.4, 0.5) is 5.69 Å². The summed E-state index contributed by atoms with van der Waals surface area (Å²) in [4.78, 5) is 19.7. The molecule has 0 aliphatic carbocycles. The number of nitrogens with zero attached hydrogens (tertiary/aromatic N) is 2. The maximum absolute atomic E-state index is 11.7. The number of carbonyl (C=O) groups excluding carboxylic acids is 1. The molecule has 1 aromatic heterocycles. The Morgan fingerprint density at radius 2 is 2.00 bits per heavy atom. The Labute approximate surface area is 117 Å². The molecule has 0 radical (unpaired) electrons. The number of amides is 1. The maximum atomic E-state index is 11.7. The predicted molar refractivity (Wildman–Crippen MR) is 75.5 cm³/mol. The molecule has 0 saturated carbocycles. The van der Waals surface area contributed by atoms with Crippen molar-refractivity contribution in [1.82, 2.24) is 15.3 Å². The van der Waals surface area contributed by atoms with E-state index in [9.17, 15) is 4.79 Å². The predicted octanol–water partition coefficient (Wildman–Crippen LogP) is 1.18. The van der Waals surface area contributed by atoms with Crippen molar-refractivity contribution >= 4 is 11.6 Å². The second-order valence-corrected chi connectivity index (χ2v) is 4.22. The summed E-state index contributed by atoms with van der Waals surface area (Å²) >= 11 is 0. The van der Waals surface area contributed by atoms with E-state index in [2.05, 4.69) is 15.3 Å². The molecule has 104 valence electrons. The van der Waals surface area contributed by atoms with Crippen LogP contribution in [0.1, 0.15) is 16.2 Å². The Kier molecular flexibility index (Phi) is 4.49. The van der Waals surface area contributed by atoms with Gasteiger partial charge in [-0.15, -0.1) is 0 Å². The SMILES string of the molecule is Cc1cnc(C(=O)NCCOc2ccc(N)cc2)cn1. The van der Waals surface area contributed by atoms with Crippen LogP contribution in [0.2, 0.25) is 0 Å². The minimum atomic E-state index is -0.265. The first-order valence-corrected chi connectivity index (χ1v) is 6.20. The van der Waals surface area contributed by atoms with E-state index in [1.807, 2.05) is 6.92 Å². The second kappa shape index (κ2) is 6.51. The Morgan fingerprint density at radius 1 is 1.25 bits per heavy atom. The highest BCUT2D eigenvalue weighted by Crippen LogP contribution is 2.12. The van der Waals surface area contributed by atoms with Crippen molar-refractivity contribution < 1.29 is 9.53 Å². The summed E-state index contributed by atoms with van der Waals surface area (Å²) in [6.07, 6.45) is 3.01. The van der Waals surface area contributed by atoms with E-state index in [0.717, 1.165) is 5.69 Å². The van der Waals surface area contributed by atoms with Crippen molar-refractivity contribution in [3.05, 3.63) is 48.0 Å². The Hall–Kier alpha value is -2.63. The van der Waals surface area contributed by atoms with Crippen molar-refractivity contribution in [2.45, 2.75) is 6.92 Å². The van der Waals surface area contributed by atoms with E-state index in [4.69, 9.17) is 10.5 Å². The number of aromatic nitrogens is 2. The normalized spacial score (nSPS) is 10.1. The third-order valence-electron chi connectivity index (χ3n) is 2.55. The molecule has 0 aliphatic rings. The molecule has 0 saturated heterocycles. The third kappa shape index (κ3) is 3.94. The zero-order valence-electron chi connectivity index (χ0n) is 11.2. The number of benzene rings is 1. The van der Waals surface area contributed by atoms with Crippen LogP contribution in [-0.4, -0.2) is 29.0 Å². The molecule has 0 spiro atoms. The van der Waals surface area contributed by atoms with Crippen LogP contribution in [0.25, 0.3) is 0 Å². The molecule has 0 atom stereocenters. The lowest BCUT2D eigenvalue weighted by Crippen LogP contribution is -2.28. The average molecular weight is 272 g/mol. The fourth-order valence-corrected chi connectivity index (χ4v) is 1.50. The van der Waals surface area contributed by atoms with Gasteiger partial charge in [0, 0.05) is 11.9 Å². The average Bonchev–Trinajstić information content (AvgIpc) is 2.46. The molecule has 0 bridgehead atoms.